The minimum Gasteiger partial charge on any atom is -0.496 e. The second-order valence-electron chi connectivity index (χ2n) is 6.62. The maximum atomic E-state index is 12.4. The summed E-state index contributed by atoms with van der Waals surface area (Å²) >= 11 is 7.60. The van der Waals surface area contributed by atoms with Crippen molar-refractivity contribution in [2.75, 3.05) is 12.4 Å². The molecule has 4 aromatic rings. The topological polar surface area (TPSA) is 79.9 Å². The number of H-pyrrole nitrogens is 1. The lowest BCUT2D eigenvalue weighted by molar-refractivity contribution is 0.102. The largest absolute Gasteiger partial charge is 0.496 e. The highest BCUT2D eigenvalue weighted by Crippen LogP contribution is 2.31. The Balaban J connectivity index is 1.38. The van der Waals surface area contributed by atoms with Gasteiger partial charge in [-0.15, -0.1) is 5.10 Å². The molecule has 8 heteroatoms. The van der Waals surface area contributed by atoms with Crippen LogP contribution in [0.4, 0.5) is 5.69 Å². The molecule has 6 nitrogen and oxygen atoms in total. The smallest absolute Gasteiger partial charge is 0.255 e. The molecule has 2 N–H and O–H groups in total. The fourth-order valence-corrected chi connectivity index (χ4v) is 3.85. The van der Waals surface area contributed by atoms with Gasteiger partial charge >= 0.3 is 0 Å². The summed E-state index contributed by atoms with van der Waals surface area (Å²) in [6, 6.07) is 22.2. The normalized spacial score (nSPS) is 10.6. The minimum absolute atomic E-state index is 0.139. The van der Waals surface area contributed by atoms with E-state index in [1.807, 2.05) is 54.6 Å². The number of rotatable bonds is 7. The quantitative estimate of drug-likeness (QED) is 0.354. The average Bonchev–Trinajstić information content (AvgIpc) is 3.27. The Morgan fingerprint density at radius 3 is 2.61 bits per heavy atom. The van der Waals surface area contributed by atoms with E-state index in [9.17, 15) is 4.79 Å². The first-order valence-corrected chi connectivity index (χ1v) is 10.8. The van der Waals surface area contributed by atoms with Gasteiger partial charge in [-0.2, -0.15) is 0 Å². The van der Waals surface area contributed by atoms with Gasteiger partial charge in [-0.25, -0.2) is 4.98 Å². The number of benzene rings is 3. The summed E-state index contributed by atoms with van der Waals surface area (Å²) in [5, 5.41) is 11.3. The first kappa shape index (κ1) is 21.0. The van der Waals surface area contributed by atoms with Gasteiger partial charge in [0.2, 0.25) is 5.16 Å². The lowest BCUT2D eigenvalue weighted by Crippen LogP contribution is -2.11. The van der Waals surface area contributed by atoms with Crippen LogP contribution < -0.4 is 10.1 Å². The zero-order chi connectivity index (χ0) is 21.6. The number of amides is 1. The number of methoxy groups -OCH3 is 1. The van der Waals surface area contributed by atoms with Crippen LogP contribution in [-0.4, -0.2) is 28.2 Å². The highest BCUT2D eigenvalue weighted by Gasteiger charge is 2.12. The highest BCUT2D eigenvalue weighted by molar-refractivity contribution is 7.98. The average molecular weight is 451 g/mol. The van der Waals surface area contributed by atoms with Gasteiger partial charge in [0, 0.05) is 22.0 Å². The van der Waals surface area contributed by atoms with E-state index in [0.717, 1.165) is 16.8 Å². The maximum Gasteiger partial charge on any atom is 0.255 e. The van der Waals surface area contributed by atoms with Gasteiger partial charge in [0.1, 0.15) is 5.75 Å². The minimum atomic E-state index is -0.139. The summed E-state index contributed by atoms with van der Waals surface area (Å²) in [4.78, 5) is 16.9. The number of nitrogens with zero attached hydrogens (tertiary/aromatic N) is 2. The first-order valence-electron chi connectivity index (χ1n) is 9.47. The van der Waals surface area contributed by atoms with Crippen LogP contribution in [0.2, 0.25) is 5.02 Å². The molecular formula is C23H19ClN4O2S. The monoisotopic (exact) mass is 450 g/mol. The molecule has 1 aromatic heterocycles. The molecule has 3 aromatic carbocycles. The number of hydrogen-bond donors (Lipinski definition) is 2. The van der Waals surface area contributed by atoms with Crippen molar-refractivity contribution < 1.29 is 9.53 Å². The van der Waals surface area contributed by atoms with Gasteiger partial charge < -0.3 is 10.1 Å². The van der Waals surface area contributed by atoms with Crippen LogP contribution in [0.5, 0.6) is 5.75 Å². The van der Waals surface area contributed by atoms with E-state index in [1.54, 1.807) is 25.3 Å². The second-order valence-corrected chi connectivity index (χ2v) is 8.00. The molecule has 0 fully saturated rings. The number of carbonyl (C=O) groups excluding carboxylic acids is 1. The van der Waals surface area contributed by atoms with Crippen LogP contribution in [0.15, 0.2) is 78.0 Å². The summed E-state index contributed by atoms with van der Waals surface area (Å²) < 4.78 is 5.38. The van der Waals surface area contributed by atoms with Crippen molar-refractivity contribution in [3.8, 4) is 17.1 Å². The molecule has 31 heavy (non-hydrogen) atoms. The molecule has 4 rings (SSSR count). The van der Waals surface area contributed by atoms with E-state index in [2.05, 4.69) is 20.5 Å². The van der Waals surface area contributed by atoms with Gasteiger partial charge in [0.15, 0.2) is 5.82 Å². The number of aromatic nitrogens is 3. The molecule has 156 valence electrons. The third-order valence-corrected chi connectivity index (χ3v) is 5.65. The number of nitrogens with one attached hydrogen (secondary N) is 2. The van der Waals surface area contributed by atoms with E-state index in [-0.39, 0.29) is 5.91 Å². The van der Waals surface area contributed by atoms with Gasteiger partial charge in [-0.1, -0.05) is 53.7 Å². The standard InChI is InChI=1S/C23H19ClN4O2S/c1-30-20-12-11-17(24)13-19(20)21-26-23(28-27-21)31-14-15-7-9-16(10-8-15)22(29)25-18-5-3-2-4-6-18/h2-13H,14H2,1H3,(H,25,29)(H,26,27,28). The Morgan fingerprint density at radius 2 is 1.87 bits per heavy atom. The van der Waals surface area contributed by atoms with Gasteiger partial charge in [-0.3, -0.25) is 9.89 Å². The van der Waals surface area contributed by atoms with Crippen LogP contribution in [-0.2, 0) is 5.75 Å². The molecule has 0 atom stereocenters. The molecular weight excluding hydrogens is 432 g/mol. The third-order valence-electron chi connectivity index (χ3n) is 4.50. The van der Waals surface area contributed by atoms with E-state index in [0.29, 0.717) is 33.1 Å². The number of halogens is 1. The van der Waals surface area contributed by atoms with Crippen LogP contribution in [0.3, 0.4) is 0 Å². The van der Waals surface area contributed by atoms with Crippen LogP contribution >= 0.6 is 23.4 Å². The number of aromatic amines is 1. The summed E-state index contributed by atoms with van der Waals surface area (Å²) in [5.41, 5.74) is 3.19. The molecule has 0 unspecified atom stereocenters. The predicted octanol–water partition coefficient (Wildman–Crippen LogP) is 5.68. The summed E-state index contributed by atoms with van der Waals surface area (Å²) in [6.07, 6.45) is 0. The lowest BCUT2D eigenvalue weighted by atomic mass is 10.1. The van der Waals surface area contributed by atoms with Crippen LogP contribution in [0.25, 0.3) is 11.4 Å². The Hall–Kier alpha value is -3.29. The van der Waals surface area contributed by atoms with Crippen molar-refractivity contribution in [3.63, 3.8) is 0 Å². The first-order chi connectivity index (χ1) is 15.1. The van der Waals surface area contributed by atoms with Gasteiger partial charge in [0.05, 0.1) is 12.7 Å². The molecule has 0 spiro atoms. The maximum absolute atomic E-state index is 12.4. The fraction of sp³-hybridized carbons (Fsp3) is 0.0870. The Morgan fingerprint density at radius 1 is 1.10 bits per heavy atom. The van der Waals surface area contributed by atoms with E-state index in [4.69, 9.17) is 16.3 Å². The molecule has 1 amide bonds. The number of hydrogen-bond acceptors (Lipinski definition) is 5. The molecule has 0 aliphatic rings. The summed E-state index contributed by atoms with van der Waals surface area (Å²) in [5.74, 6) is 1.79. The van der Waals surface area contributed by atoms with Crippen molar-refractivity contribution in [2.45, 2.75) is 10.9 Å². The second kappa shape index (κ2) is 9.68. The SMILES string of the molecule is COc1ccc(Cl)cc1-c1nc(SCc2ccc(C(=O)Nc3ccccc3)cc2)n[nH]1. The Labute approximate surface area is 189 Å². The van der Waals surface area contributed by atoms with E-state index < -0.39 is 0 Å². The number of thioether (sulfide) groups is 1. The predicted molar refractivity (Wildman–Crippen MR) is 124 cm³/mol. The molecule has 0 aliphatic carbocycles. The van der Waals surface area contributed by atoms with Gasteiger partial charge in [0.25, 0.3) is 5.91 Å². The molecule has 0 saturated heterocycles. The fourth-order valence-electron chi connectivity index (χ4n) is 2.92. The number of anilines is 1. The van der Waals surface area contributed by atoms with Crippen LogP contribution in [0.1, 0.15) is 15.9 Å². The third kappa shape index (κ3) is 5.25. The zero-order valence-electron chi connectivity index (χ0n) is 16.6. The Bertz CT molecular complexity index is 1180. The molecule has 0 saturated carbocycles. The van der Waals surface area contributed by atoms with Crippen molar-refractivity contribution in [1.82, 2.24) is 15.2 Å². The van der Waals surface area contributed by atoms with E-state index in [1.165, 1.54) is 11.8 Å². The van der Waals surface area contributed by atoms with Gasteiger partial charge in [-0.05, 0) is 48.0 Å². The highest BCUT2D eigenvalue weighted by atomic mass is 35.5. The van der Waals surface area contributed by atoms with Crippen molar-refractivity contribution in [1.29, 1.82) is 0 Å². The van der Waals surface area contributed by atoms with Crippen molar-refractivity contribution >= 4 is 35.0 Å². The summed E-state index contributed by atoms with van der Waals surface area (Å²) in [6.45, 7) is 0. The summed E-state index contributed by atoms with van der Waals surface area (Å²) in [7, 11) is 1.60. The molecule has 0 radical (unpaired) electrons. The molecule has 0 aliphatic heterocycles. The zero-order valence-corrected chi connectivity index (χ0v) is 18.2. The number of ether oxygens (including phenoxy) is 1. The van der Waals surface area contributed by atoms with E-state index >= 15 is 0 Å². The number of carbonyl (C=O) groups is 1. The number of para-hydroxylation sites is 1. The molecule has 0 bridgehead atoms. The lowest BCUT2D eigenvalue weighted by Gasteiger charge is -2.06. The van der Waals surface area contributed by atoms with Crippen molar-refractivity contribution in [2.24, 2.45) is 0 Å². The molecule has 1 heterocycles. The Kier molecular flexibility index (Phi) is 6.54. The van der Waals surface area contributed by atoms with Crippen LogP contribution in [0, 0.1) is 0 Å². The van der Waals surface area contributed by atoms with Crippen molar-refractivity contribution in [3.05, 3.63) is 88.9 Å².